The lowest BCUT2D eigenvalue weighted by atomic mass is 10.1. The molecule has 1 atom stereocenters. The molecule has 1 saturated heterocycles. The Bertz CT molecular complexity index is 248. The van der Waals surface area contributed by atoms with Crippen LogP contribution in [-0.2, 0) is 14.7 Å². The number of nitrogens with zero attached hydrogens (tertiary/aromatic N) is 1. The quantitative estimate of drug-likeness (QED) is 0.622. The molecule has 5 heteroatoms. The Hall–Kier alpha value is -0.420. The SMILES string of the molecule is CS(=N)(=O)N1CCC(=O)CC1. The number of hydrogen-bond acceptors (Lipinski definition) is 3. The number of carbonyl (C=O) groups excluding carboxylic acids is 1. The summed E-state index contributed by atoms with van der Waals surface area (Å²) in [6.07, 6.45) is 2.29. The van der Waals surface area contributed by atoms with E-state index in [-0.39, 0.29) is 5.78 Å². The molecular formula is C6H12N2O2S. The molecule has 1 N–H and O–H groups in total. The number of hydrogen-bond donors (Lipinski definition) is 1. The molecule has 0 aromatic carbocycles. The van der Waals surface area contributed by atoms with Gasteiger partial charge in [-0.2, -0.15) is 0 Å². The first kappa shape index (κ1) is 8.67. The molecule has 0 aliphatic carbocycles. The normalized spacial score (nSPS) is 26.5. The van der Waals surface area contributed by atoms with Crippen molar-refractivity contribution in [2.45, 2.75) is 12.8 Å². The van der Waals surface area contributed by atoms with E-state index in [0.717, 1.165) is 0 Å². The molecule has 1 fully saturated rings. The summed E-state index contributed by atoms with van der Waals surface area (Å²) in [5.74, 6) is 0.213. The van der Waals surface area contributed by atoms with Gasteiger partial charge in [-0.3, -0.25) is 4.79 Å². The molecule has 0 aromatic rings. The maximum atomic E-state index is 11.1. The van der Waals surface area contributed by atoms with Gasteiger partial charge < -0.3 is 0 Å². The van der Waals surface area contributed by atoms with Crippen LogP contribution in [0.2, 0.25) is 0 Å². The monoisotopic (exact) mass is 176 g/mol. The van der Waals surface area contributed by atoms with Crippen molar-refractivity contribution in [2.24, 2.45) is 0 Å². The maximum Gasteiger partial charge on any atom is 0.135 e. The topological polar surface area (TPSA) is 61.2 Å². The van der Waals surface area contributed by atoms with Crippen LogP contribution in [0.15, 0.2) is 0 Å². The van der Waals surface area contributed by atoms with Crippen molar-refractivity contribution in [2.75, 3.05) is 19.3 Å². The molecule has 1 aliphatic heterocycles. The first-order valence-corrected chi connectivity index (χ1v) is 5.43. The molecule has 1 heterocycles. The Morgan fingerprint density at radius 1 is 1.45 bits per heavy atom. The molecule has 1 aliphatic rings. The van der Waals surface area contributed by atoms with Gasteiger partial charge in [0.05, 0.1) is 0 Å². The Morgan fingerprint density at radius 3 is 2.27 bits per heavy atom. The molecule has 11 heavy (non-hydrogen) atoms. The summed E-state index contributed by atoms with van der Waals surface area (Å²) in [7, 11) is -2.57. The summed E-state index contributed by atoms with van der Waals surface area (Å²) in [5, 5.41) is 0. The lowest BCUT2D eigenvalue weighted by Gasteiger charge is -2.25. The summed E-state index contributed by atoms with van der Waals surface area (Å²) in [5.41, 5.74) is 0. The predicted octanol–water partition coefficient (Wildman–Crippen LogP) is 0.243. The molecule has 4 nitrogen and oxygen atoms in total. The Labute approximate surface area is 66.7 Å². The highest BCUT2D eigenvalue weighted by Gasteiger charge is 2.20. The van der Waals surface area contributed by atoms with Gasteiger partial charge >= 0.3 is 0 Å². The first-order chi connectivity index (χ1) is 5.00. The van der Waals surface area contributed by atoms with Crippen LogP contribution in [0.3, 0.4) is 0 Å². The summed E-state index contributed by atoms with van der Waals surface area (Å²) < 4.78 is 19.9. The van der Waals surface area contributed by atoms with E-state index in [1.807, 2.05) is 0 Å². The van der Waals surface area contributed by atoms with E-state index in [0.29, 0.717) is 25.9 Å². The van der Waals surface area contributed by atoms with Crippen LogP contribution in [0.25, 0.3) is 0 Å². The van der Waals surface area contributed by atoms with E-state index in [1.54, 1.807) is 4.31 Å². The lowest BCUT2D eigenvalue weighted by molar-refractivity contribution is -0.120. The smallest absolute Gasteiger partial charge is 0.135 e. The van der Waals surface area contributed by atoms with E-state index in [9.17, 15) is 9.00 Å². The van der Waals surface area contributed by atoms with Gasteiger partial charge in [0.15, 0.2) is 0 Å². The van der Waals surface area contributed by atoms with Gasteiger partial charge in [0.2, 0.25) is 0 Å². The molecule has 0 aromatic heterocycles. The van der Waals surface area contributed by atoms with Crippen LogP contribution < -0.4 is 0 Å². The summed E-state index contributed by atoms with van der Waals surface area (Å²) in [6, 6.07) is 0. The van der Waals surface area contributed by atoms with Crippen LogP contribution in [0.1, 0.15) is 12.8 Å². The van der Waals surface area contributed by atoms with E-state index >= 15 is 0 Å². The van der Waals surface area contributed by atoms with Gasteiger partial charge in [-0.25, -0.2) is 13.3 Å². The fourth-order valence-corrected chi connectivity index (χ4v) is 1.96. The van der Waals surface area contributed by atoms with Crippen LogP contribution in [0.4, 0.5) is 0 Å². The predicted molar refractivity (Wildman–Crippen MR) is 42.6 cm³/mol. The zero-order valence-corrected chi connectivity index (χ0v) is 7.32. The number of Topliss-reactive ketones (excluding diaryl/α,β-unsaturated/α-hetero) is 1. The molecule has 0 radical (unpaired) electrons. The molecule has 0 saturated carbocycles. The van der Waals surface area contributed by atoms with E-state index in [1.165, 1.54) is 6.26 Å². The number of piperidine rings is 1. The van der Waals surface area contributed by atoms with Crippen molar-refractivity contribution in [1.82, 2.24) is 4.31 Å². The zero-order chi connectivity index (χ0) is 8.48. The maximum absolute atomic E-state index is 11.1. The van der Waals surface area contributed by atoms with Gasteiger partial charge in [0, 0.05) is 32.2 Å². The minimum Gasteiger partial charge on any atom is -0.300 e. The second-order valence-electron chi connectivity index (χ2n) is 2.77. The van der Waals surface area contributed by atoms with Gasteiger partial charge in [-0.1, -0.05) is 0 Å². The fraction of sp³-hybridized carbons (Fsp3) is 0.833. The van der Waals surface area contributed by atoms with Gasteiger partial charge in [-0.15, -0.1) is 0 Å². The Morgan fingerprint density at radius 2 is 1.91 bits per heavy atom. The first-order valence-electron chi connectivity index (χ1n) is 3.51. The highest BCUT2D eigenvalue weighted by Crippen LogP contribution is 2.09. The van der Waals surface area contributed by atoms with E-state index in [4.69, 9.17) is 4.78 Å². The van der Waals surface area contributed by atoms with Crippen molar-refractivity contribution in [3.05, 3.63) is 0 Å². The van der Waals surface area contributed by atoms with Crippen LogP contribution >= 0.6 is 0 Å². The van der Waals surface area contributed by atoms with Gasteiger partial charge in [-0.05, 0) is 0 Å². The highest BCUT2D eigenvalue weighted by molar-refractivity contribution is 7.89. The average Bonchev–Trinajstić information content (AvgIpc) is 1.86. The van der Waals surface area contributed by atoms with E-state index in [2.05, 4.69) is 0 Å². The molecule has 1 unspecified atom stereocenters. The second kappa shape index (κ2) is 2.91. The molecule has 0 spiro atoms. The lowest BCUT2D eigenvalue weighted by Crippen LogP contribution is -2.37. The summed E-state index contributed by atoms with van der Waals surface area (Å²) in [4.78, 5) is 10.8. The number of carbonyl (C=O) groups is 1. The number of rotatable bonds is 1. The molecule has 1 rings (SSSR count). The number of ketones is 1. The zero-order valence-electron chi connectivity index (χ0n) is 6.50. The van der Waals surface area contributed by atoms with Crippen LogP contribution in [-0.4, -0.2) is 33.6 Å². The van der Waals surface area contributed by atoms with Crippen molar-refractivity contribution >= 4 is 15.7 Å². The molecule has 0 bridgehead atoms. The standard InChI is InChI=1S/C6H12N2O2S/c1-11(7,10)8-4-2-6(9)3-5-8/h7H,2-5H2,1H3. The third kappa shape index (κ3) is 2.27. The summed E-state index contributed by atoms with van der Waals surface area (Å²) >= 11 is 0. The molecule has 0 amide bonds. The minimum absolute atomic E-state index is 0.213. The fourth-order valence-electron chi connectivity index (χ4n) is 1.08. The minimum atomic E-state index is -2.57. The van der Waals surface area contributed by atoms with Crippen molar-refractivity contribution in [3.8, 4) is 0 Å². The third-order valence-corrected chi connectivity index (χ3v) is 3.12. The van der Waals surface area contributed by atoms with Crippen molar-refractivity contribution in [1.29, 1.82) is 4.78 Å². The van der Waals surface area contributed by atoms with Gasteiger partial charge in [0.25, 0.3) is 0 Å². The molecule has 64 valence electrons. The van der Waals surface area contributed by atoms with E-state index < -0.39 is 9.92 Å². The van der Waals surface area contributed by atoms with Crippen molar-refractivity contribution < 1.29 is 9.00 Å². The highest BCUT2D eigenvalue weighted by atomic mass is 32.2. The third-order valence-electron chi connectivity index (χ3n) is 1.77. The van der Waals surface area contributed by atoms with Crippen molar-refractivity contribution in [3.63, 3.8) is 0 Å². The Kier molecular flexibility index (Phi) is 2.29. The Balaban J connectivity index is 2.60. The van der Waals surface area contributed by atoms with Crippen LogP contribution in [0, 0.1) is 4.78 Å². The second-order valence-corrected chi connectivity index (χ2v) is 4.89. The average molecular weight is 176 g/mol. The largest absolute Gasteiger partial charge is 0.300 e. The van der Waals surface area contributed by atoms with Crippen LogP contribution in [0.5, 0.6) is 0 Å². The summed E-state index contributed by atoms with van der Waals surface area (Å²) in [6.45, 7) is 0.968. The molecular weight excluding hydrogens is 164 g/mol. The number of nitrogens with one attached hydrogen (secondary N) is 1. The van der Waals surface area contributed by atoms with Gasteiger partial charge in [0.1, 0.15) is 15.7 Å².